The van der Waals surface area contributed by atoms with Crippen LogP contribution in [-0.2, 0) is 24.3 Å². The Labute approximate surface area is 254 Å². The molecule has 2 fully saturated rings. The number of carbonyl (C=O) groups excluding carboxylic acids is 3. The van der Waals surface area contributed by atoms with Gasteiger partial charge < -0.3 is 20.0 Å². The topological polar surface area (TPSA) is 177 Å². The van der Waals surface area contributed by atoms with Gasteiger partial charge in [-0.2, -0.15) is 0 Å². The van der Waals surface area contributed by atoms with Crippen molar-refractivity contribution in [1.29, 1.82) is 0 Å². The maximum Gasteiger partial charge on any atom is 0.269 e. The van der Waals surface area contributed by atoms with E-state index < -0.39 is 51.4 Å². The van der Waals surface area contributed by atoms with Crippen LogP contribution in [0.5, 0.6) is 0 Å². The molecule has 1 aliphatic heterocycles. The lowest BCUT2D eigenvalue weighted by Gasteiger charge is -2.48. The Kier molecular flexibility index (Phi) is 7.46. The molecule has 13 nitrogen and oxygen atoms in total. The summed E-state index contributed by atoms with van der Waals surface area (Å²) in [4.78, 5) is 49.6. The lowest BCUT2D eigenvalue weighted by atomic mass is 9.86. The molecule has 4 heterocycles. The fourth-order valence-electron chi connectivity index (χ4n) is 5.90. The molecule has 1 saturated heterocycles. The van der Waals surface area contributed by atoms with Gasteiger partial charge in [0, 0.05) is 42.5 Å². The van der Waals surface area contributed by atoms with Gasteiger partial charge in [0.15, 0.2) is 23.1 Å². The number of hydrogen-bond acceptors (Lipinski definition) is 11. The second kappa shape index (κ2) is 11.2. The van der Waals surface area contributed by atoms with Gasteiger partial charge in [-0.15, -0.1) is 0 Å². The number of benzene rings is 1. The third-order valence-electron chi connectivity index (χ3n) is 7.90. The summed E-state index contributed by atoms with van der Waals surface area (Å²) in [6.07, 6.45) is 1.27. The van der Waals surface area contributed by atoms with E-state index in [1.165, 1.54) is 18.3 Å². The van der Waals surface area contributed by atoms with Gasteiger partial charge in [-0.05, 0) is 44.4 Å². The van der Waals surface area contributed by atoms with Crippen molar-refractivity contribution in [3.05, 3.63) is 66.1 Å². The Morgan fingerprint density at radius 2 is 1.82 bits per heavy atom. The van der Waals surface area contributed by atoms with Crippen molar-refractivity contribution in [1.82, 2.24) is 23.8 Å². The van der Waals surface area contributed by atoms with Crippen molar-refractivity contribution < 1.29 is 41.4 Å². The lowest BCUT2D eigenvalue weighted by Crippen LogP contribution is -2.59. The maximum absolute atomic E-state index is 15.1. The molecule has 0 unspecified atom stereocenters. The van der Waals surface area contributed by atoms with E-state index in [2.05, 4.69) is 20.3 Å². The predicted molar refractivity (Wildman–Crippen MR) is 151 cm³/mol. The number of nitrogens with zero attached hydrogens (tertiary/aromatic N) is 5. The number of pyridine rings is 1. The van der Waals surface area contributed by atoms with Crippen molar-refractivity contribution in [2.75, 3.05) is 5.32 Å². The number of hydrogen-bond donors (Lipinski definition) is 1. The first-order chi connectivity index (χ1) is 21.4. The molecule has 1 saturated carbocycles. The number of aromatic nitrogens is 4. The van der Waals surface area contributed by atoms with E-state index in [9.17, 15) is 32.3 Å². The van der Waals surface area contributed by atoms with Crippen LogP contribution in [0.4, 0.5) is 19.4 Å². The fraction of sp³-hybridized carbons (Fsp3) is 0.310. The second-order valence-electron chi connectivity index (χ2n) is 10.9. The molecule has 1 aliphatic carbocycles. The summed E-state index contributed by atoms with van der Waals surface area (Å²) < 4.78 is 62.5. The molecule has 2 amide bonds. The van der Waals surface area contributed by atoms with Crippen LogP contribution < -0.4 is 10.4 Å². The summed E-state index contributed by atoms with van der Waals surface area (Å²) in [5.74, 6) is -3.32. The molecule has 1 aromatic carbocycles. The van der Waals surface area contributed by atoms with E-state index in [0.717, 1.165) is 32.9 Å². The van der Waals surface area contributed by atoms with Crippen molar-refractivity contribution in [3.63, 3.8) is 0 Å². The second-order valence-corrected chi connectivity index (χ2v) is 12.7. The van der Waals surface area contributed by atoms with Crippen LogP contribution in [-0.4, -0.2) is 62.0 Å². The minimum atomic E-state index is -4.20. The van der Waals surface area contributed by atoms with E-state index in [1.54, 1.807) is 19.1 Å². The number of imide groups is 1. The highest BCUT2D eigenvalue weighted by atomic mass is 32.2. The number of rotatable bonds is 7. The molecule has 2 atom stereocenters. The van der Waals surface area contributed by atoms with Crippen LogP contribution in [0.3, 0.4) is 0 Å². The van der Waals surface area contributed by atoms with E-state index in [4.69, 9.17) is 4.74 Å². The number of carbonyl (C=O) groups is 3. The first-order valence-corrected chi connectivity index (χ1v) is 15.4. The van der Waals surface area contributed by atoms with Gasteiger partial charge in [0.05, 0.1) is 17.3 Å². The Bertz CT molecular complexity index is 1950. The SMILES string of the molecule is Cc1ccc(S(=O)(=O)n2cc(-c3ncc(F)c(N[C@@H]4CCC[C@@](OC(=O)[O-])(N5C(=O)CCC5=O)C4)n3)c3cc(F)cnc32)cc1. The number of nitrogens with one attached hydrogen (secondary N) is 1. The first-order valence-electron chi connectivity index (χ1n) is 13.9. The average Bonchev–Trinajstić information content (AvgIpc) is 3.54. The number of likely N-dealkylation sites (tertiary alicyclic amines) is 1. The standard InChI is InChI=1S/C29H26F2N6O7S/c1-16-4-6-19(7-5-16)45(42,43)36-15-21(20-11-17(30)13-33-27(20)36)25-32-14-22(31)26(35-25)34-18-3-2-10-29(12-18,44-28(40)41)37-23(38)8-9-24(37)39/h4-7,11,13-15,18H,2-3,8-10,12H2,1H3,(H,40,41)(H,32,34,35)/p-1/t18-,29+/m1/s1. The van der Waals surface area contributed by atoms with E-state index in [0.29, 0.717) is 12.8 Å². The number of carboxylic acid groups (broad SMARTS) is 1. The Balaban J connectivity index is 1.37. The minimum absolute atomic E-state index is 0.0294. The smallest absolute Gasteiger partial charge is 0.269 e. The van der Waals surface area contributed by atoms with Crippen molar-refractivity contribution in [3.8, 4) is 11.4 Å². The van der Waals surface area contributed by atoms with Gasteiger partial charge in [0.1, 0.15) is 11.5 Å². The Hall–Kier alpha value is -4.99. The van der Waals surface area contributed by atoms with Crippen LogP contribution in [0.2, 0.25) is 0 Å². The van der Waals surface area contributed by atoms with Crippen molar-refractivity contribution >= 4 is 44.8 Å². The highest BCUT2D eigenvalue weighted by Gasteiger charge is 2.49. The third-order valence-corrected chi connectivity index (χ3v) is 9.56. The first kappa shape index (κ1) is 30.1. The zero-order chi connectivity index (χ0) is 32.1. The molecule has 0 bridgehead atoms. The van der Waals surface area contributed by atoms with E-state index in [1.807, 2.05) is 0 Å². The molecule has 1 N–H and O–H groups in total. The number of ether oxygens (including phenoxy) is 1. The number of fused-ring (bicyclic) bond motifs is 1. The van der Waals surface area contributed by atoms with Crippen molar-refractivity contribution in [2.45, 2.75) is 62.1 Å². The van der Waals surface area contributed by atoms with Gasteiger partial charge in [0.25, 0.3) is 16.2 Å². The van der Waals surface area contributed by atoms with Crippen LogP contribution in [0, 0.1) is 18.6 Å². The summed E-state index contributed by atoms with van der Waals surface area (Å²) in [5.41, 5.74) is -1.06. The van der Waals surface area contributed by atoms with Crippen LogP contribution >= 0.6 is 0 Å². The minimum Gasteiger partial charge on any atom is -0.523 e. The Morgan fingerprint density at radius 3 is 2.51 bits per heavy atom. The molecule has 16 heteroatoms. The summed E-state index contributed by atoms with van der Waals surface area (Å²) in [7, 11) is -4.20. The molecule has 0 radical (unpaired) electrons. The predicted octanol–water partition coefficient (Wildman–Crippen LogP) is 2.88. The molecule has 4 aromatic rings. The zero-order valence-electron chi connectivity index (χ0n) is 23.7. The molecule has 3 aromatic heterocycles. The van der Waals surface area contributed by atoms with Gasteiger partial charge in [0.2, 0.25) is 11.8 Å². The average molecular weight is 640 g/mol. The summed E-state index contributed by atoms with van der Waals surface area (Å²) in [6, 6.07) is 6.44. The number of aryl methyl sites for hydroxylation is 1. The largest absolute Gasteiger partial charge is 0.523 e. The van der Waals surface area contributed by atoms with Crippen LogP contribution in [0.25, 0.3) is 22.4 Å². The molecule has 0 spiro atoms. The van der Waals surface area contributed by atoms with Gasteiger partial charge >= 0.3 is 0 Å². The fourth-order valence-corrected chi connectivity index (χ4v) is 7.22. The molecule has 234 valence electrons. The highest BCUT2D eigenvalue weighted by Crippen LogP contribution is 2.39. The zero-order valence-corrected chi connectivity index (χ0v) is 24.5. The third kappa shape index (κ3) is 5.45. The number of amides is 2. The number of anilines is 1. The summed E-state index contributed by atoms with van der Waals surface area (Å²) in [6.45, 7) is 1.80. The summed E-state index contributed by atoms with van der Waals surface area (Å²) >= 11 is 0. The van der Waals surface area contributed by atoms with E-state index in [-0.39, 0.29) is 58.8 Å². The molecular formula is C29H25F2N6O7S-. The molecule has 2 aliphatic rings. The maximum atomic E-state index is 15.1. The van der Waals surface area contributed by atoms with Gasteiger partial charge in [-0.3, -0.25) is 14.5 Å². The number of halogens is 2. The summed E-state index contributed by atoms with van der Waals surface area (Å²) in [5, 5.41) is 14.4. The van der Waals surface area contributed by atoms with Crippen molar-refractivity contribution in [2.24, 2.45) is 0 Å². The van der Waals surface area contributed by atoms with Crippen LogP contribution in [0.15, 0.2) is 53.8 Å². The molecular weight excluding hydrogens is 614 g/mol. The quantitative estimate of drug-likeness (QED) is 0.232. The lowest BCUT2D eigenvalue weighted by molar-refractivity contribution is -0.306. The van der Waals surface area contributed by atoms with Gasteiger partial charge in [-0.1, -0.05) is 17.7 Å². The van der Waals surface area contributed by atoms with Crippen LogP contribution in [0.1, 0.15) is 44.1 Å². The normalized spacial score (nSPS) is 20.5. The van der Waals surface area contributed by atoms with E-state index >= 15 is 4.39 Å². The van der Waals surface area contributed by atoms with Gasteiger partial charge in [-0.25, -0.2) is 36.1 Å². The monoisotopic (exact) mass is 639 g/mol. The molecule has 45 heavy (non-hydrogen) atoms. The molecule has 6 rings (SSSR count). The highest BCUT2D eigenvalue weighted by molar-refractivity contribution is 7.90. The Morgan fingerprint density at radius 1 is 1.11 bits per heavy atom.